The van der Waals surface area contributed by atoms with Gasteiger partial charge in [-0.3, -0.25) is 0 Å². The molecular formula is C8H9N5O. The van der Waals surface area contributed by atoms with Gasteiger partial charge in [0.05, 0.1) is 18.1 Å². The standard InChI is InChI=1S/C8H9N5O/c1-5-12-8(14-13-5)7-10-3-6(9-2)4-11-7/h3-4,9H,1-2H3. The molecule has 0 spiro atoms. The van der Waals surface area contributed by atoms with Crippen molar-refractivity contribution < 1.29 is 4.52 Å². The van der Waals surface area contributed by atoms with E-state index in [4.69, 9.17) is 4.52 Å². The quantitative estimate of drug-likeness (QED) is 0.759. The largest absolute Gasteiger partial charge is 0.386 e. The second-order valence-electron chi connectivity index (χ2n) is 2.69. The van der Waals surface area contributed by atoms with Crippen molar-refractivity contribution in [3.8, 4) is 11.7 Å². The number of aromatic nitrogens is 4. The van der Waals surface area contributed by atoms with Gasteiger partial charge in [0.25, 0.3) is 5.89 Å². The van der Waals surface area contributed by atoms with E-state index in [9.17, 15) is 0 Å². The maximum atomic E-state index is 4.92. The summed E-state index contributed by atoms with van der Waals surface area (Å²) in [6.07, 6.45) is 3.31. The van der Waals surface area contributed by atoms with E-state index >= 15 is 0 Å². The molecule has 0 aliphatic rings. The molecule has 0 atom stereocenters. The van der Waals surface area contributed by atoms with E-state index in [2.05, 4.69) is 25.4 Å². The molecule has 0 radical (unpaired) electrons. The summed E-state index contributed by atoms with van der Waals surface area (Å²) >= 11 is 0. The fourth-order valence-corrected chi connectivity index (χ4v) is 0.955. The second kappa shape index (κ2) is 3.41. The summed E-state index contributed by atoms with van der Waals surface area (Å²) in [5.74, 6) is 1.34. The smallest absolute Gasteiger partial charge is 0.295 e. The normalized spacial score (nSPS) is 10.1. The molecule has 72 valence electrons. The van der Waals surface area contributed by atoms with E-state index in [0.29, 0.717) is 17.5 Å². The Morgan fingerprint density at radius 1 is 1.29 bits per heavy atom. The van der Waals surface area contributed by atoms with Gasteiger partial charge in [-0.2, -0.15) is 4.98 Å². The summed E-state index contributed by atoms with van der Waals surface area (Å²) in [6.45, 7) is 1.75. The minimum atomic E-state index is 0.338. The van der Waals surface area contributed by atoms with Gasteiger partial charge >= 0.3 is 0 Å². The monoisotopic (exact) mass is 191 g/mol. The van der Waals surface area contributed by atoms with E-state index in [0.717, 1.165) is 5.69 Å². The van der Waals surface area contributed by atoms with Crippen LogP contribution in [-0.2, 0) is 0 Å². The van der Waals surface area contributed by atoms with Crippen LogP contribution in [0.25, 0.3) is 11.7 Å². The summed E-state index contributed by atoms with van der Waals surface area (Å²) < 4.78 is 4.92. The minimum Gasteiger partial charge on any atom is -0.386 e. The van der Waals surface area contributed by atoms with E-state index in [-0.39, 0.29) is 0 Å². The molecule has 0 fully saturated rings. The summed E-state index contributed by atoms with van der Waals surface area (Å²) in [5, 5.41) is 6.57. The van der Waals surface area contributed by atoms with Crippen molar-refractivity contribution in [1.82, 2.24) is 20.1 Å². The molecule has 6 heteroatoms. The number of hydrogen-bond donors (Lipinski definition) is 1. The molecule has 0 aliphatic carbocycles. The number of aryl methyl sites for hydroxylation is 1. The SMILES string of the molecule is CNc1cnc(-c2nc(C)no2)nc1. The fraction of sp³-hybridized carbons (Fsp3) is 0.250. The first kappa shape index (κ1) is 8.61. The molecule has 0 saturated heterocycles. The molecule has 0 unspecified atom stereocenters. The van der Waals surface area contributed by atoms with Crippen LogP contribution in [0.15, 0.2) is 16.9 Å². The first-order valence-electron chi connectivity index (χ1n) is 4.10. The maximum Gasteiger partial charge on any atom is 0.295 e. The number of rotatable bonds is 2. The fourth-order valence-electron chi connectivity index (χ4n) is 0.955. The Morgan fingerprint density at radius 3 is 2.50 bits per heavy atom. The van der Waals surface area contributed by atoms with Crippen LogP contribution in [0, 0.1) is 6.92 Å². The Balaban J connectivity index is 2.33. The van der Waals surface area contributed by atoms with E-state index in [1.54, 1.807) is 26.4 Å². The predicted octanol–water partition coefficient (Wildman–Crippen LogP) is 0.877. The molecule has 0 amide bonds. The molecule has 0 aliphatic heterocycles. The molecule has 2 rings (SSSR count). The van der Waals surface area contributed by atoms with Crippen LogP contribution < -0.4 is 5.32 Å². The lowest BCUT2D eigenvalue weighted by atomic mass is 10.5. The summed E-state index contributed by atoms with van der Waals surface area (Å²) in [5.41, 5.74) is 0.838. The van der Waals surface area contributed by atoms with Crippen LogP contribution in [0.3, 0.4) is 0 Å². The molecule has 0 saturated carbocycles. The summed E-state index contributed by atoms with van der Waals surface area (Å²) in [6, 6.07) is 0. The van der Waals surface area contributed by atoms with E-state index in [1.807, 2.05) is 0 Å². The average molecular weight is 191 g/mol. The third-order valence-electron chi connectivity index (χ3n) is 1.66. The average Bonchev–Trinajstić information content (AvgIpc) is 2.65. The lowest BCUT2D eigenvalue weighted by Gasteiger charge is -1.97. The highest BCUT2D eigenvalue weighted by atomic mass is 16.5. The molecule has 6 nitrogen and oxygen atoms in total. The van der Waals surface area contributed by atoms with Crippen LogP contribution in [0.4, 0.5) is 5.69 Å². The molecule has 2 aromatic rings. The van der Waals surface area contributed by atoms with Crippen molar-refractivity contribution in [2.24, 2.45) is 0 Å². The van der Waals surface area contributed by atoms with Crippen LogP contribution in [0.1, 0.15) is 5.82 Å². The Morgan fingerprint density at radius 2 is 2.00 bits per heavy atom. The number of hydrogen-bond acceptors (Lipinski definition) is 6. The third kappa shape index (κ3) is 1.54. The van der Waals surface area contributed by atoms with Crippen LogP contribution in [-0.4, -0.2) is 27.2 Å². The number of anilines is 1. The van der Waals surface area contributed by atoms with Gasteiger partial charge in [0.2, 0.25) is 5.82 Å². The molecular weight excluding hydrogens is 182 g/mol. The van der Waals surface area contributed by atoms with E-state index < -0.39 is 0 Å². The lowest BCUT2D eigenvalue weighted by Crippen LogP contribution is -1.93. The first-order valence-corrected chi connectivity index (χ1v) is 4.10. The Labute approximate surface area is 80.4 Å². The van der Waals surface area contributed by atoms with Crippen molar-refractivity contribution in [2.45, 2.75) is 6.92 Å². The predicted molar refractivity (Wildman–Crippen MR) is 49.6 cm³/mol. The molecule has 0 aromatic carbocycles. The second-order valence-corrected chi connectivity index (χ2v) is 2.69. The van der Waals surface area contributed by atoms with Gasteiger partial charge in [0.15, 0.2) is 5.82 Å². The zero-order valence-corrected chi connectivity index (χ0v) is 7.85. The van der Waals surface area contributed by atoms with Crippen molar-refractivity contribution in [3.63, 3.8) is 0 Å². The van der Waals surface area contributed by atoms with Crippen LogP contribution >= 0.6 is 0 Å². The van der Waals surface area contributed by atoms with Crippen molar-refractivity contribution in [1.29, 1.82) is 0 Å². The Bertz CT molecular complexity index is 422. The highest BCUT2D eigenvalue weighted by Crippen LogP contribution is 2.12. The van der Waals surface area contributed by atoms with Crippen LogP contribution in [0.2, 0.25) is 0 Å². The minimum absolute atomic E-state index is 0.338. The Hall–Kier alpha value is -1.98. The molecule has 2 aromatic heterocycles. The molecule has 2 heterocycles. The Kier molecular flexibility index (Phi) is 2.10. The highest BCUT2D eigenvalue weighted by molar-refractivity contribution is 5.44. The lowest BCUT2D eigenvalue weighted by molar-refractivity contribution is 0.423. The van der Waals surface area contributed by atoms with Crippen molar-refractivity contribution >= 4 is 5.69 Å². The van der Waals surface area contributed by atoms with Gasteiger partial charge < -0.3 is 9.84 Å². The van der Waals surface area contributed by atoms with Gasteiger partial charge in [-0.05, 0) is 6.92 Å². The zero-order valence-electron chi connectivity index (χ0n) is 7.85. The number of nitrogens with zero attached hydrogens (tertiary/aromatic N) is 4. The maximum absolute atomic E-state index is 4.92. The zero-order chi connectivity index (χ0) is 9.97. The highest BCUT2D eigenvalue weighted by Gasteiger charge is 2.08. The van der Waals surface area contributed by atoms with Crippen molar-refractivity contribution in [3.05, 3.63) is 18.2 Å². The topological polar surface area (TPSA) is 76.7 Å². The van der Waals surface area contributed by atoms with Gasteiger partial charge in [-0.1, -0.05) is 5.16 Å². The van der Waals surface area contributed by atoms with Gasteiger partial charge in [0.1, 0.15) is 0 Å². The molecule has 0 bridgehead atoms. The van der Waals surface area contributed by atoms with E-state index in [1.165, 1.54) is 0 Å². The summed E-state index contributed by atoms with van der Waals surface area (Å²) in [4.78, 5) is 12.1. The van der Waals surface area contributed by atoms with Crippen LogP contribution in [0.5, 0.6) is 0 Å². The first-order chi connectivity index (χ1) is 6.79. The van der Waals surface area contributed by atoms with Crippen molar-refractivity contribution in [2.75, 3.05) is 12.4 Å². The summed E-state index contributed by atoms with van der Waals surface area (Å²) in [7, 11) is 1.80. The molecule has 14 heavy (non-hydrogen) atoms. The van der Waals surface area contributed by atoms with Gasteiger partial charge in [-0.15, -0.1) is 0 Å². The van der Waals surface area contributed by atoms with Gasteiger partial charge in [0, 0.05) is 7.05 Å². The molecule has 1 N–H and O–H groups in total. The number of nitrogens with one attached hydrogen (secondary N) is 1. The van der Waals surface area contributed by atoms with Gasteiger partial charge in [-0.25, -0.2) is 9.97 Å². The third-order valence-corrected chi connectivity index (χ3v) is 1.66.